The van der Waals surface area contributed by atoms with Crippen molar-refractivity contribution in [1.29, 1.82) is 0 Å². The molecule has 0 aliphatic carbocycles. The van der Waals surface area contributed by atoms with Gasteiger partial charge in [-0.25, -0.2) is 9.97 Å². The van der Waals surface area contributed by atoms with Crippen molar-refractivity contribution in [3.63, 3.8) is 0 Å². The lowest BCUT2D eigenvalue weighted by Gasteiger charge is -2.05. The van der Waals surface area contributed by atoms with E-state index in [4.69, 9.17) is 9.97 Å². The van der Waals surface area contributed by atoms with Crippen LogP contribution in [0.5, 0.6) is 0 Å². The topological polar surface area (TPSA) is 51.6 Å². The molecule has 0 N–H and O–H groups in total. The minimum absolute atomic E-state index is 0.861. The van der Waals surface area contributed by atoms with Crippen LogP contribution in [0.2, 0.25) is 0 Å². The van der Waals surface area contributed by atoms with Crippen molar-refractivity contribution in [2.75, 3.05) is 0 Å². The van der Waals surface area contributed by atoms with Gasteiger partial charge in [0.15, 0.2) is 0 Å². The highest BCUT2D eigenvalue weighted by atomic mass is 14.8. The van der Waals surface area contributed by atoms with Crippen molar-refractivity contribution in [3.8, 4) is 22.5 Å². The molecule has 0 saturated carbocycles. The number of benzene rings is 3. The van der Waals surface area contributed by atoms with Gasteiger partial charge in [-0.3, -0.25) is 9.97 Å². The number of aromatic nitrogens is 4. The molecule has 0 atom stereocenters. The Morgan fingerprint density at radius 1 is 0.406 bits per heavy atom. The minimum Gasteiger partial charge on any atom is -0.252 e. The average molecular weight is 425 g/mol. The van der Waals surface area contributed by atoms with Crippen LogP contribution in [-0.4, -0.2) is 19.9 Å². The van der Waals surface area contributed by atoms with E-state index in [2.05, 4.69) is 9.97 Å². The molecule has 5 aromatic rings. The zero-order valence-electron chi connectivity index (χ0n) is 19.9. The summed E-state index contributed by atoms with van der Waals surface area (Å²) in [5.41, 5.74) is 7.38. The smallest absolute Gasteiger partial charge is 0.0894 e. The van der Waals surface area contributed by atoms with Gasteiger partial charge in [-0.1, -0.05) is 90.1 Å². The van der Waals surface area contributed by atoms with E-state index in [-0.39, 0.29) is 0 Å². The predicted molar refractivity (Wildman–Crippen MR) is 138 cm³/mol. The quantitative estimate of drug-likeness (QED) is 0.288. The Morgan fingerprint density at radius 3 is 1.06 bits per heavy atom. The van der Waals surface area contributed by atoms with Crippen molar-refractivity contribution < 1.29 is 0 Å². The van der Waals surface area contributed by atoms with Gasteiger partial charge in [-0.2, -0.15) is 0 Å². The molecule has 164 valence electrons. The Balaban J connectivity index is 0.000000561. The lowest BCUT2D eigenvalue weighted by molar-refractivity contribution is 1.28. The van der Waals surface area contributed by atoms with Crippen LogP contribution in [0.25, 0.3) is 44.6 Å². The fourth-order valence-corrected chi connectivity index (χ4v) is 3.00. The van der Waals surface area contributed by atoms with Crippen LogP contribution >= 0.6 is 0 Å². The predicted octanol–water partition coefficient (Wildman–Crippen LogP) is 7.99. The number of para-hydroxylation sites is 4. The van der Waals surface area contributed by atoms with Crippen molar-refractivity contribution >= 4 is 22.1 Å². The number of fused-ring (bicyclic) bond motifs is 2. The SMILES string of the molecule is CC.CC.CC.c1ccc2nc(-c3ccc(-c4cnc5ccccc5n4)cc3)cnc2c1. The first-order chi connectivity index (χ1) is 15.9. The molecule has 0 saturated heterocycles. The molecule has 2 aromatic heterocycles. The van der Waals surface area contributed by atoms with Gasteiger partial charge >= 0.3 is 0 Å². The Hall–Kier alpha value is -3.66. The lowest BCUT2D eigenvalue weighted by Crippen LogP contribution is -1.90. The molecule has 4 nitrogen and oxygen atoms in total. The Morgan fingerprint density at radius 2 is 0.719 bits per heavy atom. The fourth-order valence-electron chi connectivity index (χ4n) is 3.00. The Kier molecular flexibility index (Phi) is 9.92. The van der Waals surface area contributed by atoms with Gasteiger partial charge in [0.1, 0.15) is 0 Å². The standard InChI is InChI=1S/C22H14N4.3C2H6/c1-3-7-19-17(5-1)23-13-21(25-19)15-9-11-16(12-10-15)22-14-24-18-6-2-4-8-20(18)26-22;3*1-2/h1-14H;3*1-2H3. The maximum atomic E-state index is 4.70. The molecule has 0 aliphatic rings. The Labute approximate surface area is 191 Å². The number of hydrogen-bond acceptors (Lipinski definition) is 4. The van der Waals surface area contributed by atoms with E-state index in [9.17, 15) is 0 Å². The monoisotopic (exact) mass is 424 g/mol. The van der Waals surface area contributed by atoms with Crippen LogP contribution < -0.4 is 0 Å². The Bertz CT molecular complexity index is 1130. The van der Waals surface area contributed by atoms with Crippen LogP contribution in [0.1, 0.15) is 41.5 Å². The normalized spacial score (nSPS) is 9.56. The van der Waals surface area contributed by atoms with E-state index < -0.39 is 0 Å². The minimum atomic E-state index is 0.861. The van der Waals surface area contributed by atoms with Gasteiger partial charge in [0.25, 0.3) is 0 Å². The summed E-state index contributed by atoms with van der Waals surface area (Å²) >= 11 is 0. The first-order valence-electron chi connectivity index (χ1n) is 11.4. The molecular weight excluding hydrogens is 392 g/mol. The van der Waals surface area contributed by atoms with Crippen LogP contribution in [0.15, 0.2) is 85.2 Å². The second-order valence-electron chi connectivity index (χ2n) is 6.07. The highest BCUT2D eigenvalue weighted by molar-refractivity contribution is 5.79. The van der Waals surface area contributed by atoms with Crippen molar-refractivity contribution in [2.45, 2.75) is 41.5 Å². The number of rotatable bonds is 2. The van der Waals surface area contributed by atoms with Gasteiger partial charge in [-0.15, -0.1) is 0 Å². The van der Waals surface area contributed by atoms with Gasteiger partial charge < -0.3 is 0 Å². The van der Waals surface area contributed by atoms with E-state index in [0.717, 1.165) is 44.6 Å². The molecule has 5 rings (SSSR count). The van der Waals surface area contributed by atoms with Gasteiger partial charge in [0, 0.05) is 11.1 Å². The zero-order chi connectivity index (χ0) is 23.3. The summed E-state index contributed by atoms with van der Waals surface area (Å²) in [6.45, 7) is 12.0. The third-order valence-corrected chi connectivity index (χ3v) is 4.37. The molecule has 2 heterocycles. The summed E-state index contributed by atoms with van der Waals surface area (Å²) in [5.74, 6) is 0. The third-order valence-electron chi connectivity index (χ3n) is 4.37. The summed E-state index contributed by atoms with van der Waals surface area (Å²) in [6, 6.07) is 24.0. The first kappa shape index (κ1) is 24.6. The molecule has 0 bridgehead atoms. The highest BCUT2D eigenvalue weighted by Crippen LogP contribution is 2.24. The summed E-state index contributed by atoms with van der Waals surface area (Å²) in [6.07, 6.45) is 3.63. The van der Waals surface area contributed by atoms with E-state index in [0.29, 0.717) is 0 Å². The fraction of sp³-hybridized carbons (Fsp3) is 0.214. The zero-order valence-corrected chi connectivity index (χ0v) is 19.9. The molecule has 0 aliphatic heterocycles. The summed E-state index contributed by atoms with van der Waals surface area (Å²) in [5, 5.41) is 0. The number of nitrogens with zero attached hydrogens (tertiary/aromatic N) is 4. The largest absolute Gasteiger partial charge is 0.252 e. The van der Waals surface area contributed by atoms with E-state index in [1.54, 1.807) is 0 Å². The van der Waals surface area contributed by atoms with E-state index >= 15 is 0 Å². The van der Waals surface area contributed by atoms with E-state index in [1.165, 1.54) is 0 Å². The maximum Gasteiger partial charge on any atom is 0.0894 e. The molecule has 0 spiro atoms. The molecule has 0 fully saturated rings. The van der Waals surface area contributed by atoms with Crippen LogP contribution in [0.3, 0.4) is 0 Å². The third kappa shape index (κ3) is 5.73. The molecule has 0 unspecified atom stereocenters. The molecule has 0 amide bonds. The highest BCUT2D eigenvalue weighted by Gasteiger charge is 2.05. The van der Waals surface area contributed by atoms with Gasteiger partial charge in [0.05, 0.1) is 45.8 Å². The van der Waals surface area contributed by atoms with E-state index in [1.807, 2.05) is 127 Å². The summed E-state index contributed by atoms with van der Waals surface area (Å²) < 4.78 is 0. The molecule has 32 heavy (non-hydrogen) atoms. The first-order valence-corrected chi connectivity index (χ1v) is 11.4. The molecule has 3 aromatic carbocycles. The molecule has 0 radical (unpaired) electrons. The summed E-state index contributed by atoms with van der Waals surface area (Å²) in [4.78, 5) is 18.4. The van der Waals surface area contributed by atoms with Crippen molar-refractivity contribution in [2.24, 2.45) is 0 Å². The van der Waals surface area contributed by atoms with Crippen molar-refractivity contribution in [3.05, 3.63) is 85.2 Å². The average Bonchev–Trinajstić information content (AvgIpc) is 2.91. The lowest BCUT2D eigenvalue weighted by atomic mass is 10.1. The summed E-state index contributed by atoms with van der Waals surface area (Å²) in [7, 11) is 0. The van der Waals surface area contributed by atoms with Gasteiger partial charge in [0.2, 0.25) is 0 Å². The maximum absolute atomic E-state index is 4.70. The van der Waals surface area contributed by atoms with Crippen LogP contribution in [0, 0.1) is 0 Å². The number of hydrogen-bond donors (Lipinski definition) is 0. The second kappa shape index (κ2) is 12.9. The second-order valence-corrected chi connectivity index (χ2v) is 6.07. The van der Waals surface area contributed by atoms with Crippen molar-refractivity contribution in [1.82, 2.24) is 19.9 Å². The van der Waals surface area contributed by atoms with Gasteiger partial charge in [-0.05, 0) is 24.3 Å². The van der Waals surface area contributed by atoms with Crippen LogP contribution in [-0.2, 0) is 0 Å². The van der Waals surface area contributed by atoms with Crippen LogP contribution in [0.4, 0.5) is 0 Å². The molecular formula is C28H32N4. The molecule has 4 heteroatoms.